The van der Waals surface area contributed by atoms with Gasteiger partial charge in [0.2, 0.25) is 0 Å². The van der Waals surface area contributed by atoms with Crippen LogP contribution in [0.3, 0.4) is 0 Å². The number of benzene rings is 1. The van der Waals surface area contributed by atoms with E-state index in [1.807, 2.05) is 13.1 Å². The van der Waals surface area contributed by atoms with E-state index in [4.69, 9.17) is 5.11 Å². The summed E-state index contributed by atoms with van der Waals surface area (Å²) < 4.78 is 0. The molecular weight excluding hydrogens is 242 g/mol. The van der Waals surface area contributed by atoms with Crippen molar-refractivity contribution < 1.29 is 9.90 Å². The van der Waals surface area contributed by atoms with E-state index < -0.39 is 5.97 Å². The summed E-state index contributed by atoms with van der Waals surface area (Å²) >= 11 is 0. The van der Waals surface area contributed by atoms with Gasteiger partial charge >= 0.3 is 5.97 Å². The van der Waals surface area contributed by atoms with Crippen LogP contribution >= 0.6 is 0 Å². The fourth-order valence-corrected chi connectivity index (χ4v) is 2.24. The lowest BCUT2D eigenvalue weighted by molar-refractivity contribution is 0.0697. The molecule has 2 rings (SSSR count). The van der Waals surface area contributed by atoms with E-state index >= 15 is 0 Å². The summed E-state index contributed by atoms with van der Waals surface area (Å²) in [6, 6.07) is 5.23. The van der Waals surface area contributed by atoms with Crippen LogP contribution in [0.25, 0.3) is 0 Å². The predicted molar refractivity (Wildman–Crippen MR) is 77.2 cm³/mol. The fraction of sp³-hybridized carbons (Fsp3) is 0.500. The summed E-state index contributed by atoms with van der Waals surface area (Å²) in [5.74, 6) is -0.888. The van der Waals surface area contributed by atoms with E-state index in [1.165, 1.54) is 0 Å². The molecule has 19 heavy (non-hydrogen) atoms. The Labute approximate surface area is 113 Å². The molecule has 0 spiro atoms. The summed E-state index contributed by atoms with van der Waals surface area (Å²) in [5, 5.41) is 15.7. The monoisotopic (exact) mass is 263 g/mol. The summed E-state index contributed by atoms with van der Waals surface area (Å²) in [4.78, 5) is 13.3. The molecule has 5 heteroatoms. The summed E-state index contributed by atoms with van der Waals surface area (Å²) in [5.41, 5.74) is 2.28. The second-order valence-electron chi connectivity index (χ2n) is 5.52. The van der Waals surface area contributed by atoms with Crippen LogP contribution in [-0.4, -0.2) is 43.3 Å². The van der Waals surface area contributed by atoms with Gasteiger partial charge in [0, 0.05) is 25.2 Å². The third kappa shape index (κ3) is 2.98. The van der Waals surface area contributed by atoms with Crippen molar-refractivity contribution in [2.24, 2.45) is 0 Å². The average Bonchev–Trinajstić information content (AvgIpc) is 2.38. The molecule has 1 aromatic rings. The minimum Gasteiger partial charge on any atom is -0.478 e. The van der Waals surface area contributed by atoms with Crippen LogP contribution in [-0.2, 0) is 0 Å². The second kappa shape index (κ2) is 5.09. The number of likely N-dealkylation sites (N-methyl/N-ethyl adjacent to an activating group) is 1. The van der Waals surface area contributed by atoms with Crippen LogP contribution in [0.1, 0.15) is 24.2 Å². The van der Waals surface area contributed by atoms with Crippen LogP contribution in [0, 0.1) is 0 Å². The number of hydrogen-bond donors (Lipinski definition) is 3. The Morgan fingerprint density at radius 3 is 2.89 bits per heavy atom. The molecule has 0 saturated heterocycles. The maximum atomic E-state index is 11.1. The molecule has 0 bridgehead atoms. The second-order valence-corrected chi connectivity index (χ2v) is 5.52. The molecule has 5 nitrogen and oxygen atoms in total. The van der Waals surface area contributed by atoms with Crippen LogP contribution in [0.5, 0.6) is 0 Å². The number of carboxylic acid groups (broad SMARTS) is 1. The van der Waals surface area contributed by atoms with Gasteiger partial charge in [0.1, 0.15) is 0 Å². The van der Waals surface area contributed by atoms with E-state index in [2.05, 4.69) is 29.4 Å². The largest absolute Gasteiger partial charge is 0.478 e. The first-order valence-corrected chi connectivity index (χ1v) is 6.48. The lowest BCUT2D eigenvalue weighted by atomic mass is 10.0. The molecule has 1 aromatic carbocycles. The van der Waals surface area contributed by atoms with E-state index in [0.29, 0.717) is 5.56 Å². The quantitative estimate of drug-likeness (QED) is 0.770. The number of anilines is 2. The number of nitrogens with one attached hydrogen (secondary N) is 2. The Kier molecular flexibility index (Phi) is 3.66. The Morgan fingerprint density at radius 2 is 2.26 bits per heavy atom. The normalized spacial score (nSPS) is 14.8. The molecule has 0 saturated carbocycles. The van der Waals surface area contributed by atoms with Gasteiger partial charge in [0.15, 0.2) is 0 Å². The molecule has 0 aromatic heterocycles. The van der Waals surface area contributed by atoms with Crippen LogP contribution in [0.15, 0.2) is 18.2 Å². The number of rotatable bonds is 4. The van der Waals surface area contributed by atoms with Gasteiger partial charge in [-0.25, -0.2) is 4.79 Å². The molecule has 3 N–H and O–H groups in total. The van der Waals surface area contributed by atoms with Crippen LogP contribution in [0.4, 0.5) is 11.4 Å². The highest BCUT2D eigenvalue weighted by Crippen LogP contribution is 2.31. The Bertz CT molecular complexity index is 486. The molecular formula is C14H21N3O2. The first-order chi connectivity index (χ1) is 8.93. The molecule has 0 aliphatic carbocycles. The molecule has 0 atom stereocenters. The van der Waals surface area contributed by atoms with Crippen LogP contribution < -0.4 is 15.5 Å². The highest BCUT2D eigenvalue weighted by atomic mass is 16.4. The number of aromatic carboxylic acids is 1. The van der Waals surface area contributed by atoms with Gasteiger partial charge in [-0.05, 0) is 39.1 Å². The summed E-state index contributed by atoms with van der Waals surface area (Å²) in [7, 11) is 1.94. The van der Waals surface area contributed by atoms with Crippen molar-refractivity contribution in [3.63, 3.8) is 0 Å². The highest BCUT2D eigenvalue weighted by Gasteiger charge is 2.24. The molecule has 0 radical (unpaired) electrons. The highest BCUT2D eigenvalue weighted by molar-refractivity contribution is 5.91. The van der Waals surface area contributed by atoms with Crippen molar-refractivity contribution >= 4 is 17.3 Å². The zero-order chi connectivity index (χ0) is 14.0. The van der Waals surface area contributed by atoms with Gasteiger partial charge in [0.25, 0.3) is 0 Å². The van der Waals surface area contributed by atoms with E-state index in [1.54, 1.807) is 12.1 Å². The van der Waals surface area contributed by atoms with Crippen molar-refractivity contribution in [3.8, 4) is 0 Å². The number of hydrogen-bond acceptors (Lipinski definition) is 4. The van der Waals surface area contributed by atoms with Gasteiger partial charge in [-0.2, -0.15) is 0 Å². The number of nitrogens with zero attached hydrogens (tertiary/aromatic N) is 1. The van der Waals surface area contributed by atoms with Gasteiger partial charge in [-0.15, -0.1) is 0 Å². The van der Waals surface area contributed by atoms with Crippen molar-refractivity contribution in [1.82, 2.24) is 5.32 Å². The van der Waals surface area contributed by atoms with Gasteiger partial charge in [-0.3, -0.25) is 0 Å². The molecule has 1 heterocycles. The third-order valence-electron chi connectivity index (χ3n) is 3.55. The summed E-state index contributed by atoms with van der Waals surface area (Å²) in [6.45, 7) is 6.85. The summed E-state index contributed by atoms with van der Waals surface area (Å²) in [6.07, 6.45) is 0. The van der Waals surface area contributed by atoms with E-state index in [9.17, 15) is 4.79 Å². The third-order valence-corrected chi connectivity index (χ3v) is 3.55. The van der Waals surface area contributed by atoms with Gasteiger partial charge in [0.05, 0.1) is 16.9 Å². The Hall–Kier alpha value is -1.75. The Morgan fingerprint density at radius 1 is 1.53 bits per heavy atom. The molecule has 1 aliphatic rings. The Balaban J connectivity index is 2.31. The zero-order valence-corrected chi connectivity index (χ0v) is 11.7. The molecule has 1 aliphatic heterocycles. The predicted octanol–water partition coefficient (Wildman–Crippen LogP) is 1.61. The zero-order valence-electron chi connectivity index (χ0n) is 11.7. The SMILES string of the molecule is CNC(C)(C)CN1CCNc2ccc(C(=O)O)cc21. The number of carbonyl (C=O) groups is 1. The van der Waals surface area contributed by atoms with Gasteiger partial charge in [-0.1, -0.05) is 0 Å². The molecule has 0 unspecified atom stereocenters. The smallest absolute Gasteiger partial charge is 0.335 e. The molecule has 0 amide bonds. The maximum Gasteiger partial charge on any atom is 0.335 e. The van der Waals surface area contributed by atoms with Crippen molar-refractivity contribution in [2.75, 3.05) is 36.9 Å². The number of fused-ring (bicyclic) bond motifs is 1. The van der Waals surface area contributed by atoms with Crippen LogP contribution in [0.2, 0.25) is 0 Å². The number of carboxylic acids is 1. The average molecular weight is 263 g/mol. The first kappa shape index (κ1) is 13.7. The molecule has 104 valence electrons. The van der Waals surface area contributed by atoms with Crippen molar-refractivity contribution in [2.45, 2.75) is 19.4 Å². The fourth-order valence-electron chi connectivity index (χ4n) is 2.24. The molecule has 0 fully saturated rings. The standard InChI is InChI=1S/C14H21N3O2/c1-14(2,15-3)9-17-7-6-16-11-5-4-10(13(18)19)8-12(11)17/h4-5,8,15-16H,6-7,9H2,1-3H3,(H,18,19). The van der Waals surface area contributed by atoms with Gasteiger partial charge < -0.3 is 20.6 Å². The minimum absolute atomic E-state index is 0.0200. The van der Waals surface area contributed by atoms with E-state index in [0.717, 1.165) is 31.0 Å². The lowest BCUT2D eigenvalue weighted by Gasteiger charge is -2.38. The van der Waals surface area contributed by atoms with Crippen molar-refractivity contribution in [1.29, 1.82) is 0 Å². The topological polar surface area (TPSA) is 64.6 Å². The first-order valence-electron chi connectivity index (χ1n) is 6.48. The van der Waals surface area contributed by atoms with Crippen molar-refractivity contribution in [3.05, 3.63) is 23.8 Å². The van der Waals surface area contributed by atoms with E-state index in [-0.39, 0.29) is 5.54 Å². The minimum atomic E-state index is -0.888. The maximum absolute atomic E-state index is 11.1. The lowest BCUT2D eigenvalue weighted by Crippen LogP contribution is -2.50.